The molecule has 0 saturated heterocycles. The molecule has 0 fully saturated rings. The Morgan fingerprint density at radius 1 is 1.26 bits per heavy atom. The molecule has 1 unspecified atom stereocenters. The first-order valence-electron chi connectivity index (χ1n) is 6.41. The van der Waals surface area contributed by atoms with E-state index in [1.54, 1.807) is 34.6 Å². The molecule has 0 aliphatic heterocycles. The van der Waals surface area contributed by atoms with Gasteiger partial charge in [-0.05, 0) is 41.0 Å². The molecule has 6 heteroatoms. The molecule has 19 heavy (non-hydrogen) atoms. The molecule has 110 valence electrons. The lowest BCUT2D eigenvalue weighted by Crippen LogP contribution is -2.32. The predicted molar refractivity (Wildman–Crippen MR) is 72.9 cm³/mol. The number of ether oxygens (including phenoxy) is 2. The summed E-state index contributed by atoms with van der Waals surface area (Å²) in [4.78, 5) is 23.1. The van der Waals surface area contributed by atoms with Gasteiger partial charge in [0, 0.05) is 5.71 Å². The van der Waals surface area contributed by atoms with Gasteiger partial charge >= 0.3 is 12.1 Å². The Hall–Kier alpha value is -1.59. The number of hydrogen-bond acceptors (Lipinski definition) is 5. The Balaban J connectivity index is 4.53. The topological polar surface area (TPSA) is 77.0 Å². The van der Waals surface area contributed by atoms with Gasteiger partial charge in [-0.3, -0.25) is 4.79 Å². The summed E-state index contributed by atoms with van der Waals surface area (Å²) in [5.74, 6) is -0.785. The Bertz CT molecular complexity index is 345. The summed E-state index contributed by atoms with van der Waals surface area (Å²) in [5, 5.41) is 3.87. The second-order valence-corrected chi connectivity index (χ2v) is 5.08. The van der Waals surface area contributed by atoms with E-state index >= 15 is 0 Å². The van der Waals surface area contributed by atoms with Crippen molar-refractivity contribution in [3.63, 3.8) is 0 Å². The maximum absolute atomic E-state index is 11.6. The highest BCUT2D eigenvalue weighted by Crippen LogP contribution is 2.09. The number of nitrogens with one attached hydrogen (secondary N) is 1. The first-order chi connectivity index (χ1) is 8.71. The summed E-state index contributed by atoms with van der Waals surface area (Å²) >= 11 is 0. The molecule has 0 aliphatic carbocycles. The largest absolute Gasteiger partial charge is 0.465 e. The monoisotopic (exact) mass is 272 g/mol. The smallest absolute Gasteiger partial charge is 0.428 e. The van der Waals surface area contributed by atoms with E-state index in [0.717, 1.165) is 0 Å². The zero-order valence-electron chi connectivity index (χ0n) is 12.6. The van der Waals surface area contributed by atoms with E-state index in [1.165, 1.54) is 0 Å². The van der Waals surface area contributed by atoms with Crippen molar-refractivity contribution in [3.8, 4) is 0 Å². The number of carbonyl (C=O) groups is 2. The number of esters is 1. The van der Waals surface area contributed by atoms with E-state index in [2.05, 4.69) is 10.5 Å². The number of carbonyl (C=O) groups excluding carboxylic acids is 2. The van der Waals surface area contributed by atoms with Crippen molar-refractivity contribution < 1.29 is 19.1 Å². The first kappa shape index (κ1) is 17.4. The van der Waals surface area contributed by atoms with Crippen LogP contribution in [0.5, 0.6) is 0 Å². The van der Waals surface area contributed by atoms with E-state index in [0.29, 0.717) is 18.7 Å². The predicted octanol–water partition coefficient (Wildman–Crippen LogP) is 2.48. The maximum atomic E-state index is 11.6. The summed E-state index contributed by atoms with van der Waals surface area (Å²) in [5.41, 5.74) is 2.18. The zero-order valence-corrected chi connectivity index (χ0v) is 12.6. The number of amides is 1. The first-order valence-corrected chi connectivity index (χ1v) is 6.41. The molecule has 0 bridgehead atoms. The van der Waals surface area contributed by atoms with Crippen molar-refractivity contribution in [2.45, 2.75) is 53.6 Å². The fourth-order valence-electron chi connectivity index (χ4n) is 1.39. The molecule has 0 aliphatic rings. The van der Waals surface area contributed by atoms with Crippen molar-refractivity contribution in [1.29, 1.82) is 0 Å². The van der Waals surface area contributed by atoms with Gasteiger partial charge in [-0.25, -0.2) is 10.2 Å². The summed E-state index contributed by atoms with van der Waals surface area (Å²) in [6.45, 7) is 10.9. The van der Waals surface area contributed by atoms with Crippen LogP contribution >= 0.6 is 0 Å². The number of hydrogen-bond donors (Lipinski definition) is 1. The minimum atomic E-state index is -0.648. The number of hydrazone groups is 1. The molecule has 1 amide bonds. The van der Waals surface area contributed by atoms with Gasteiger partial charge in [0.15, 0.2) is 0 Å². The molecular weight excluding hydrogens is 248 g/mol. The second-order valence-electron chi connectivity index (χ2n) is 5.08. The Kier molecular flexibility index (Phi) is 7.11. The van der Waals surface area contributed by atoms with Crippen molar-refractivity contribution in [2.75, 3.05) is 6.61 Å². The van der Waals surface area contributed by atoms with Gasteiger partial charge in [0.25, 0.3) is 0 Å². The third kappa shape index (κ3) is 7.43. The average molecular weight is 272 g/mol. The van der Waals surface area contributed by atoms with Crippen LogP contribution in [0.3, 0.4) is 0 Å². The Labute approximate surface area is 114 Å². The molecule has 1 atom stereocenters. The van der Waals surface area contributed by atoms with Crippen LogP contribution in [0.15, 0.2) is 5.10 Å². The van der Waals surface area contributed by atoms with Crippen molar-refractivity contribution in [3.05, 3.63) is 0 Å². The molecule has 1 N–H and O–H groups in total. The maximum Gasteiger partial charge on any atom is 0.428 e. The SMILES string of the molecule is CCOC(=O)C(CC)C(C)=NNC(=O)OC(C)(C)C. The lowest BCUT2D eigenvalue weighted by molar-refractivity contribution is -0.145. The average Bonchev–Trinajstić information content (AvgIpc) is 2.25. The summed E-state index contributed by atoms with van der Waals surface area (Å²) in [6, 6.07) is 0. The van der Waals surface area contributed by atoms with Crippen LogP contribution in [0.2, 0.25) is 0 Å². The molecule has 0 aromatic rings. The minimum absolute atomic E-state index is 0.322. The van der Waals surface area contributed by atoms with Crippen LogP contribution in [0, 0.1) is 5.92 Å². The highest BCUT2D eigenvalue weighted by Gasteiger charge is 2.22. The van der Waals surface area contributed by atoms with Crippen molar-refractivity contribution >= 4 is 17.8 Å². The second kappa shape index (κ2) is 7.76. The molecule has 0 aromatic heterocycles. The standard InChI is InChI=1S/C13H24N2O4/c1-7-10(11(16)18-8-2)9(3)14-15-12(17)19-13(4,5)6/h10H,7-8H2,1-6H3,(H,15,17). The van der Waals surface area contributed by atoms with E-state index in [-0.39, 0.29) is 5.97 Å². The number of nitrogens with zero attached hydrogens (tertiary/aromatic N) is 1. The van der Waals surface area contributed by atoms with Gasteiger partial charge in [-0.15, -0.1) is 0 Å². The molecule has 0 heterocycles. The summed E-state index contributed by atoms with van der Waals surface area (Å²) < 4.78 is 9.98. The fourth-order valence-corrected chi connectivity index (χ4v) is 1.39. The third-order valence-corrected chi connectivity index (χ3v) is 2.21. The van der Waals surface area contributed by atoms with Gasteiger partial charge in [-0.2, -0.15) is 5.10 Å². The fraction of sp³-hybridized carbons (Fsp3) is 0.769. The Morgan fingerprint density at radius 2 is 1.84 bits per heavy atom. The van der Waals surface area contributed by atoms with Gasteiger partial charge < -0.3 is 9.47 Å². The van der Waals surface area contributed by atoms with Gasteiger partial charge in [0.2, 0.25) is 0 Å². The van der Waals surface area contributed by atoms with Crippen LogP contribution in [0.4, 0.5) is 4.79 Å². The highest BCUT2D eigenvalue weighted by molar-refractivity contribution is 6.01. The van der Waals surface area contributed by atoms with Crippen molar-refractivity contribution in [1.82, 2.24) is 5.43 Å². The molecular formula is C13H24N2O4. The molecule has 0 spiro atoms. The lowest BCUT2D eigenvalue weighted by Gasteiger charge is -2.19. The van der Waals surface area contributed by atoms with Crippen LogP contribution < -0.4 is 5.43 Å². The lowest BCUT2D eigenvalue weighted by atomic mass is 10.0. The van der Waals surface area contributed by atoms with E-state index in [1.807, 2.05) is 6.92 Å². The molecule has 0 aromatic carbocycles. The molecule has 0 saturated carbocycles. The van der Waals surface area contributed by atoms with E-state index < -0.39 is 17.6 Å². The summed E-state index contributed by atoms with van der Waals surface area (Å²) in [6.07, 6.45) is -0.0879. The van der Waals surface area contributed by atoms with E-state index in [4.69, 9.17) is 9.47 Å². The molecule has 0 rings (SSSR count). The van der Waals surface area contributed by atoms with E-state index in [9.17, 15) is 9.59 Å². The third-order valence-electron chi connectivity index (χ3n) is 2.21. The normalized spacial score (nSPS) is 13.7. The van der Waals surface area contributed by atoms with Crippen LogP contribution in [0.25, 0.3) is 0 Å². The van der Waals surface area contributed by atoms with Gasteiger partial charge in [0.1, 0.15) is 5.60 Å². The van der Waals surface area contributed by atoms with Crippen LogP contribution in [0.1, 0.15) is 48.0 Å². The molecule has 0 radical (unpaired) electrons. The molecule has 6 nitrogen and oxygen atoms in total. The highest BCUT2D eigenvalue weighted by atomic mass is 16.6. The van der Waals surface area contributed by atoms with Crippen molar-refractivity contribution in [2.24, 2.45) is 11.0 Å². The summed E-state index contributed by atoms with van der Waals surface area (Å²) in [7, 11) is 0. The number of rotatable bonds is 5. The van der Waals surface area contributed by atoms with Crippen LogP contribution in [-0.4, -0.2) is 30.0 Å². The zero-order chi connectivity index (χ0) is 15.1. The quantitative estimate of drug-likeness (QED) is 0.474. The Morgan fingerprint density at radius 3 is 2.26 bits per heavy atom. The van der Waals surface area contributed by atoms with Crippen LogP contribution in [-0.2, 0) is 14.3 Å². The van der Waals surface area contributed by atoms with Gasteiger partial charge in [0.05, 0.1) is 12.5 Å². The minimum Gasteiger partial charge on any atom is -0.465 e. The van der Waals surface area contributed by atoms with Gasteiger partial charge in [-0.1, -0.05) is 6.92 Å².